The number of nitrogens with zero attached hydrogens (tertiary/aromatic N) is 4. The summed E-state index contributed by atoms with van der Waals surface area (Å²) < 4.78 is 3.71. The second-order valence-electron chi connectivity index (χ2n) is 4.00. The molecule has 1 atom stereocenters. The summed E-state index contributed by atoms with van der Waals surface area (Å²) in [5, 5.41) is 11.8. The van der Waals surface area contributed by atoms with Crippen LogP contribution in [0.5, 0.6) is 0 Å². The van der Waals surface area contributed by atoms with Gasteiger partial charge in [0.2, 0.25) is 0 Å². The Morgan fingerprint density at radius 2 is 2.12 bits per heavy atom. The molecule has 16 heavy (non-hydrogen) atoms. The van der Waals surface area contributed by atoms with Gasteiger partial charge < -0.3 is 5.32 Å². The lowest BCUT2D eigenvalue weighted by atomic mass is 10.1. The summed E-state index contributed by atoms with van der Waals surface area (Å²) in [7, 11) is 5.83. The van der Waals surface area contributed by atoms with Gasteiger partial charge in [-0.2, -0.15) is 10.2 Å². The molecule has 0 aliphatic rings. The second kappa shape index (κ2) is 4.09. The summed E-state index contributed by atoms with van der Waals surface area (Å²) in [5.41, 5.74) is 3.32. The van der Waals surface area contributed by atoms with Crippen LogP contribution in [0.2, 0.25) is 0 Å². The SMILES string of the molecule is CNC(c1cnn(C)c1)c1cc(C)nn1C. The van der Waals surface area contributed by atoms with Crippen molar-refractivity contribution >= 4 is 0 Å². The Labute approximate surface area is 95.1 Å². The van der Waals surface area contributed by atoms with Crippen LogP contribution >= 0.6 is 0 Å². The summed E-state index contributed by atoms with van der Waals surface area (Å²) in [4.78, 5) is 0. The van der Waals surface area contributed by atoms with Crippen LogP contribution in [0.25, 0.3) is 0 Å². The van der Waals surface area contributed by atoms with Gasteiger partial charge >= 0.3 is 0 Å². The summed E-state index contributed by atoms with van der Waals surface area (Å²) in [6, 6.07) is 2.23. The molecule has 5 heteroatoms. The summed E-state index contributed by atoms with van der Waals surface area (Å²) in [5.74, 6) is 0. The molecule has 0 saturated carbocycles. The van der Waals surface area contributed by atoms with Crippen molar-refractivity contribution in [2.75, 3.05) is 7.05 Å². The zero-order chi connectivity index (χ0) is 11.7. The van der Waals surface area contributed by atoms with Gasteiger partial charge in [-0.3, -0.25) is 9.36 Å². The van der Waals surface area contributed by atoms with Crippen molar-refractivity contribution in [1.82, 2.24) is 24.9 Å². The molecule has 2 heterocycles. The largest absolute Gasteiger partial charge is 0.308 e. The van der Waals surface area contributed by atoms with Crippen molar-refractivity contribution in [1.29, 1.82) is 0 Å². The Balaban J connectivity index is 2.40. The first-order chi connectivity index (χ1) is 7.61. The molecular weight excluding hydrogens is 202 g/mol. The highest BCUT2D eigenvalue weighted by molar-refractivity contribution is 5.25. The number of hydrogen-bond acceptors (Lipinski definition) is 3. The Morgan fingerprint density at radius 1 is 1.38 bits per heavy atom. The van der Waals surface area contributed by atoms with Crippen LogP contribution in [0.15, 0.2) is 18.5 Å². The van der Waals surface area contributed by atoms with Gasteiger partial charge in [-0.25, -0.2) is 0 Å². The molecule has 0 aliphatic heterocycles. The lowest BCUT2D eigenvalue weighted by Gasteiger charge is -2.14. The molecule has 2 aromatic heterocycles. The van der Waals surface area contributed by atoms with Crippen molar-refractivity contribution in [3.63, 3.8) is 0 Å². The maximum Gasteiger partial charge on any atom is 0.0776 e. The molecule has 5 nitrogen and oxygen atoms in total. The zero-order valence-corrected chi connectivity index (χ0v) is 10.1. The second-order valence-corrected chi connectivity index (χ2v) is 4.00. The minimum absolute atomic E-state index is 0.139. The molecule has 0 radical (unpaired) electrons. The van der Waals surface area contributed by atoms with Crippen molar-refractivity contribution < 1.29 is 0 Å². The van der Waals surface area contributed by atoms with Crippen LogP contribution in [-0.4, -0.2) is 26.6 Å². The fourth-order valence-corrected chi connectivity index (χ4v) is 1.98. The van der Waals surface area contributed by atoms with Gasteiger partial charge in [0.05, 0.1) is 23.6 Å². The van der Waals surface area contributed by atoms with Gasteiger partial charge in [0, 0.05) is 25.9 Å². The molecule has 0 aliphatic carbocycles. The van der Waals surface area contributed by atoms with Gasteiger partial charge in [-0.15, -0.1) is 0 Å². The first-order valence-corrected chi connectivity index (χ1v) is 5.28. The number of rotatable bonds is 3. The molecule has 2 aromatic rings. The van der Waals surface area contributed by atoms with E-state index in [0.29, 0.717) is 0 Å². The van der Waals surface area contributed by atoms with Crippen LogP contribution in [0.4, 0.5) is 0 Å². The molecule has 86 valence electrons. The first-order valence-electron chi connectivity index (χ1n) is 5.28. The summed E-state index contributed by atoms with van der Waals surface area (Å²) in [6.45, 7) is 2.00. The Kier molecular flexibility index (Phi) is 2.78. The molecular formula is C11H17N5. The average Bonchev–Trinajstić information content (AvgIpc) is 2.76. The highest BCUT2D eigenvalue weighted by Gasteiger charge is 2.17. The minimum atomic E-state index is 0.139. The third-order valence-electron chi connectivity index (χ3n) is 2.68. The normalized spacial score (nSPS) is 13.0. The van der Waals surface area contributed by atoms with Crippen molar-refractivity contribution in [3.8, 4) is 0 Å². The van der Waals surface area contributed by atoms with E-state index in [1.165, 1.54) is 0 Å². The van der Waals surface area contributed by atoms with Crippen LogP contribution < -0.4 is 5.32 Å². The minimum Gasteiger partial charge on any atom is -0.308 e. The molecule has 0 saturated heterocycles. The molecule has 0 aromatic carbocycles. The zero-order valence-electron chi connectivity index (χ0n) is 10.1. The van der Waals surface area contributed by atoms with E-state index in [0.717, 1.165) is 17.0 Å². The van der Waals surface area contributed by atoms with Crippen LogP contribution in [0, 0.1) is 6.92 Å². The molecule has 0 fully saturated rings. The predicted molar refractivity (Wildman–Crippen MR) is 62.1 cm³/mol. The van der Waals surface area contributed by atoms with E-state index in [2.05, 4.69) is 21.6 Å². The third-order valence-corrected chi connectivity index (χ3v) is 2.68. The van der Waals surface area contributed by atoms with Gasteiger partial charge in [0.1, 0.15) is 0 Å². The topological polar surface area (TPSA) is 47.7 Å². The van der Waals surface area contributed by atoms with Gasteiger partial charge in [0.25, 0.3) is 0 Å². The molecule has 1 N–H and O–H groups in total. The number of aryl methyl sites for hydroxylation is 3. The first kappa shape index (κ1) is 10.9. The Hall–Kier alpha value is -1.62. The fourth-order valence-electron chi connectivity index (χ4n) is 1.98. The van der Waals surface area contributed by atoms with Crippen LogP contribution in [0.1, 0.15) is 23.0 Å². The maximum absolute atomic E-state index is 4.36. The quantitative estimate of drug-likeness (QED) is 0.829. The third kappa shape index (κ3) is 1.86. The molecule has 2 rings (SSSR count). The van der Waals surface area contributed by atoms with E-state index in [1.54, 1.807) is 0 Å². The van der Waals surface area contributed by atoms with E-state index in [9.17, 15) is 0 Å². The van der Waals surface area contributed by atoms with Crippen molar-refractivity contribution in [2.24, 2.45) is 14.1 Å². The fraction of sp³-hybridized carbons (Fsp3) is 0.455. The van der Waals surface area contributed by atoms with Crippen LogP contribution in [-0.2, 0) is 14.1 Å². The van der Waals surface area contributed by atoms with E-state index in [1.807, 2.05) is 49.8 Å². The standard InChI is InChI=1S/C11H17N5/c1-8-5-10(16(4)14-8)11(12-2)9-6-13-15(3)7-9/h5-7,11-12H,1-4H3. The molecule has 0 spiro atoms. The molecule has 0 bridgehead atoms. The predicted octanol–water partition coefficient (Wildman–Crippen LogP) is 0.771. The Bertz CT molecular complexity index is 482. The van der Waals surface area contributed by atoms with E-state index >= 15 is 0 Å². The van der Waals surface area contributed by atoms with Crippen molar-refractivity contribution in [2.45, 2.75) is 13.0 Å². The summed E-state index contributed by atoms with van der Waals surface area (Å²) in [6.07, 6.45) is 3.90. The lowest BCUT2D eigenvalue weighted by molar-refractivity contribution is 0.604. The van der Waals surface area contributed by atoms with Gasteiger partial charge in [-0.05, 0) is 20.0 Å². The maximum atomic E-state index is 4.36. The van der Waals surface area contributed by atoms with E-state index in [4.69, 9.17) is 0 Å². The number of nitrogens with one attached hydrogen (secondary N) is 1. The van der Waals surface area contributed by atoms with E-state index in [-0.39, 0.29) is 6.04 Å². The highest BCUT2D eigenvalue weighted by Crippen LogP contribution is 2.21. The number of aromatic nitrogens is 4. The van der Waals surface area contributed by atoms with Crippen molar-refractivity contribution in [3.05, 3.63) is 35.4 Å². The van der Waals surface area contributed by atoms with E-state index < -0.39 is 0 Å². The van der Waals surface area contributed by atoms with Crippen LogP contribution in [0.3, 0.4) is 0 Å². The lowest BCUT2D eigenvalue weighted by Crippen LogP contribution is -2.20. The molecule has 1 unspecified atom stereocenters. The molecule has 0 amide bonds. The highest BCUT2D eigenvalue weighted by atomic mass is 15.3. The van der Waals surface area contributed by atoms with Gasteiger partial charge in [-0.1, -0.05) is 0 Å². The average molecular weight is 219 g/mol. The Morgan fingerprint density at radius 3 is 2.56 bits per heavy atom. The van der Waals surface area contributed by atoms with Gasteiger partial charge in [0.15, 0.2) is 0 Å². The monoisotopic (exact) mass is 219 g/mol. The smallest absolute Gasteiger partial charge is 0.0776 e. The number of hydrogen-bond donors (Lipinski definition) is 1. The summed E-state index contributed by atoms with van der Waals surface area (Å²) >= 11 is 0.